The van der Waals surface area contributed by atoms with Gasteiger partial charge in [-0.05, 0) is 25.0 Å². The first-order valence-corrected chi connectivity index (χ1v) is 5.42. The van der Waals surface area contributed by atoms with Crippen LogP contribution in [-0.2, 0) is 6.42 Å². The average molecular weight is 215 g/mol. The number of nitrogens with two attached hydrogens (primary N) is 1. The zero-order valence-electron chi connectivity index (χ0n) is 8.81. The predicted molar refractivity (Wildman–Crippen MR) is 61.6 cm³/mol. The zero-order chi connectivity index (χ0) is 11.1. The van der Waals surface area contributed by atoms with Crippen molar-refractivity contribution in [2.45, 2.75) is 18.9 Å². The maximum atomic E-state index is 12.1. The molecule has 0 radical (unpaired) electrons. The summed E-state index contributed by atoms with van der Waals surface area (Å²) in [6, 6.07) is 9.53. The molecule has 0 bridgehead atoms. The first kappa shape index (κ1) is 9.42. The standard InChI is InChI=1S/C12H13N3O/c13-10-7-6-9-11(10)14-15(12(9)16)8-4-2-1-3-5-8/h1-5,10,14H,6-7,13H2. The molecule has 1 aliphatic rings. The van der Waals surface area contributed by atoms with E-state index in [0.717, 1.165) is 29.8 Å². The lowest BCUT2D eigenvalue weighted by molar-refractivity contribution is 0.664. The Labute approximate surface area is 92.7 Å². The smallest absolute Gasteiger partial charge is 0.274 e. The molecule has 1 atom stereocenters. The Kier molecular flexibility index (Phi) is 1.97. The summed E-state index contributed by atoms with van der Waals surface area (Å²) in [6.45, 7) is 0. The second kappa shape index (κ2) is 3.35. The monoisotopic (exact) mass is 215 g/mol. The van der Waals surface area contributed by atoms with Gasteiger partial charge in [0.2, 0.25) is 0 Å². The fraction of sp³-hybridized carbons (Fsp3) is 0.250. The Balaban J connectivity index is 2.18. The molecule has 4 nitrogen and oxygen atoms in total. The van der Waals surface area contributed by atoms with E-state index in [-0.39, 0.29) is 11.6 Å². The number of para-hydroxylation sites is 1. The number of aromatic amines is 1. The van der Waals surface area contributed by atoms with Crippen LogP contribution in [0, 0.1) is 0 Å². The van der Waals surface area contributed by atoms with Gasteiger partial charge in [-0.3, -0.25) is 9.89 Å². The largest absolute Gasteiger partial charge is 0.323 e. The van der Waals surface area contributed by atoms with Crippen molar-refractivity contribution in [3.8, 4) is 5.69 Å². The maximum absolute atomic E-state index is 12.1. The molecule has 0 spiro atoms. The van der Waals surface area contributed by atoms with Crippen molar-refractivity contribution in [3.05, 3.63) is 51.9 Å². The summed E-state index contributed by atoms with van der Waals surface area (Å²) in [5, 5.41) is 3.11. The number of hydrogen-bond donors (Lipinski definition) is 2. The van der Waals surface area contributed by atoms with Gasteiger partial charge in [0, 0.05) is 11.6 Å². The van der Waals surface area contributed by atoms with Crippen molar-refractivity contribution in [2.24, 2.45) is 5.73 Å². The van der Waals surface area contributed by atoms with Gasteiger partial charge >= 0.3 is 0 Å². The molecule has 1 aromatic carbocycles. The van der Waals surface area contributed by atoms with Crippen molar-refractivity contribution in [2.75, 3.05) is 0 Å². The molecule has 0 fully saturated rings. The summed E-state index contributed by atoms with van der Waals surface area (Å²) in [5.74, 6) is 0. The minimum Gasteiger partial charge on any atom is -0.323 e. The van der Waals surface area contributed by atoms with Crippen LogP contribution in [0.3, 0.4) is 0 Å². The number of rotatable bonds is 1. The van der Waals surface area contributed by atoms with Crippen LogP contribution in [0.15, 0.2) is 35.1 Å². The van der Waals surface area contributed by atoms with E-state index in [1.165, 1.54) is 0 Å². The molecular weight excluding hydrogens is 202 g/mol. The highest BCUT2D eigenvalue weighted by Crippen LogP contribution is 2.25. The fourth-order valence-electron chi connectivity index (χ4n) is 2.24. The van der Waals surface area contributed by atoms with Gasteiger partial charge in [0.1, 0.15) is 0 Å². The third-order valence-electron chi connectivity index (χ3n) is 3.11. The molecular formula is C12H13N3O. The Bertz CT molecular complexity index is 568. The van der Waals surface area contributed by atoms with Gasteiger partial charge < -0.3 is 5.73 Å². The highest BCUT2D eigenvalue weighted by molar-refractivity contribution is 5.35. The third kappa shape index (κ3) is 1.23. The van der Waals surface area contributed by atoms with E-state index in [1.807, 2.05) is 30.3 Å². The van der Waals surface area contributed by atoms with Crippen LogP contribution in [0.4, 0.5) is 0 Å². The fourth-order valence-corrected chi connectivity index (χ4v) is 2.24. The first-order valence-electron chi connectivity index (χ1n) is 5.42. The molecule has 4 heteroatoms. The van der Waals surface area contributed by atoms with Gasteiger partial charge in [0.15, 0.2) is 0 Å². The van der Waals surface area contributed by atoms with E-state index in [4.69, 9.17) is 5.73 Å². The van der Waals surface area contributed by atoms with E-state index in [0.29, 0.717) is 0 Å². The topological polar surface area (TPSA) is 63.8 Å². The molecule has 2 aromatic rings. The van der Waals surface area contributed by atoms with E-state index < -0.39 is 0 Å². The van der Waals surface area contributed by atoms with E-state index in [9.17, 15) is 4.79 Å². The van der Waals surface area contributed by atoms with Gasteiger partial charge in [0.05, 0.1) is 11.4 Å². The number of nitrogens with one attached hydrogen (secondary N) is 1. The van der Waals surface area contributed by atoms with Crippen molar-refractivity contribution in [1.29, 1.82) is 0 Å². The highest BCUT2D eigenvalue weighted by atomic mass is 16.1. The minimum atomic E-state index is -0.0207. The van der Waals surface area contributed by atoms with Crippen LogP contribution in [-0.4, -0.2) is 9.78 Å². The molecule has 1 unspecified atom stereocenters. The summed E-state index contributed by atoms with van der Waals surface area (Å²) in [4.78, 5) is 12.1. The number of aromatic nitrogens is 2. The molecule has 0 aliphatic heterocycles. The predicted octanol–water partition coefficient (Wildman–Crippen LogP) is 1.11. The summed E-state index contributed by atoms with van der Waals surface area (Å²) in [7, 11) is 0. The Morgan fingerprint density at radius 2 is 2.06 bits per heavy atom. The lowest BCUT2D eigenvalue weighted by atomic mass is 10.3. The Morgan fingerprint density at radius 3 is 2.75 bits per heavy atom. The van der Waals surface area contributed by atoms with Crippen LogP contribution in [0.25, 0.3) is 5.69 Å². The second-order valence-corrected chi connectivity index (χ2v) is 4.13. The summed E-state index contributed by atoms with van der Waals surface area (Å²) >= 11 is 0. The molecule has 3 N–H and O–H groups in total. The number of hydrogen-bond acceptors (Lipinski definition) is 2. The van der Waals surface area contributed by atoms with Crippen molar-refractivity contribution in [3.63, 3.8) is 0 Å². The number of H-pyrrole nitrogens is 1. The van der Waals surface area contributed by atoms with Crippen molar-refractivity contribution < 1.29 is 0 Å². The summed E-state index contributed by atoms with van der Waals surface area (Å²) in [6.07, 6.45) is 1.65. The normalized spacial score (nSPS) is 18.7. The molecule has 1 aliphatic carbocycles. The van der Waals surface area contributed by atoms with Crippen LogP contribution >= 0.6 is 0 Å². The van der Waals surface area contributed by atoms with E-state index in [1.54, 1.807) is 4.68 Å². The highest BCUT2D eigenvalue weighted by Gasteiger charge is 2.25. The van der Waals surface area contributed by atoms with Crippen LogP contribution in [0.1, 0.15) is 23.7 Å². The Morgan fingerprint density at radius 1 is 1.31 bits per heavy atom. The van der Waals surface area contributed by atoms with Crippen LogP contribution in [0.5, 0.6) is 0 Å². The van der Waals surface area contributed by atoms with Crippen LogP contribution < -0.4 is 11.3 Å². The van der Waals surface area contributed by atoms with Crippen molar-refractivity contribution >= 4 is 0 Å². The maximum Gasteiger partial charge on any atom is 0.274 e. The summed E-state index contributed by atoms with van der Waals surface area (Å²) < 4.78 is 1.57. The molecule has 0 amide bonds. The SMILES string of the molecule is NC1CCc2c1[nH]n(-c1ccccc1)c2=O. The van der Waals surface area contributed by atoms with E-state index >= 15 is 0 Å². The van der Waals surface area contributed by atoms with Crippen molar-refractivity contribution in [1.82, 2.24) is 9.78 Å². The minimum absolute atomic E-state index is 0.0207. The lowest BCUT2D eigenvalue weighted by Gasteiger charge is -2.04. The first-order chi connectivity index (χ1) is 7.77. The zero-order valence-corrected chi connectivity index (χ0v) is 8.81. The van der Waals surface area contributed by atoms with Gasteiger partial charge in [0.25, 0.3) is 5.56 Å². The lowest BCUT2D eigenvalue weighted by Crippen LogP contribution is -2.17. The molecule has 1 aromatic heterocycles. The third-order valence-corrected chi connectivity index (χ3v) is 3.11. The summed E-state index contributed by atoms with van der Waals surface area (Å²) in [5.41, 5.74) is 8.56. The molecule has 1 heterocycles. The van der Waals surface area contributed by atoms with Gasteiger partial charge in [-0.25, -0.2) is 4.68 Å². The molecule has 16 heavy (non-hydrogen) atoms. The number of nitrogens with zero attached hydrogens (tertiary/aromatic N) is 1. The van der Waals surface area contributed by atoms with E-state index in [2.05, 4.69) is 5.10 Å². The molecule has 0 saturated heterocycles. The second-order valence-electron chi connectivity index (χ2n) is 4.13. The van der Waals surface area contributed by atoms with Gasteiger partial charge in [-0.15, -0.1) is 0 Å². The molecule has 82 valence electrons. The van der Waals surface area contributed by atoms with Crippen LogP contribution in [0.2, 0.25) is 0 Å². The van der Waals surface area contributed by atoms with Gasteiger partial charge in [-0.1, -0.05) is 18.2 Å². The number of fused-ring (bicyclic) bond motifs is 1. The quantitative estimate of drug-likeness (QED) is 0.748. The van der Waals surface area contributed by atoms with Gasteiger partial charge in [-0.2, -0.15) is 0 Å². The molecule has 3 rings (SSSR count). The number of benzene rings is 1. The molecule has 0 saturated carbocycles. The average Bonchev–Trinajstić information content (AvgIpc) is 2.83. The Hall–Kier alpha value is -1.81.